The number of allylic oxidation sites excluding steroid dienone is 1. The van der Waals surface area contributed by atoms with E-state index in [1.165, 1.54) is 0 Å². The van der Waals surface area contributed by atoms with E-state index in [-0.39, 0.29) is 5.84 Å². The van der Waals surface area contributed by atoms with Gasteiger partial charge in [-0.2, -0.15) is 0 Å². The van der Waals surface area contributed by atoms with Crippen LogP contribution in [0.25, 0.3) is 39.1 Å². The van der Waals surface area contributed by atoms with E-state index in [9.17, 15) is 0 Å². The Labute approximate surface area is 259 Å². The Hall–Kier alpha value is -5.80. The maximum atomic E-state index is 9.09. The molecular weight excluding hydrogens is 534 g/mol. The van der Waals surface area contributed by atoms with E-state index in [1.54, 1.807) is 0 Å². The number of amidine groups is 2. The summed E-state index contributed by atoms with van der Waals surface area (Å²) in [6, 6.07) is 55.7. The molecular formula is C41H33N3. The second kappa shape index (κ2) is 13.5. The van der Waals surface area contributed by atoms with Crippen LogP contribution in [0.3, 0.4) is 0 Å². The zero-order valence-corrected chi connectivity index (χ0v) is 24.6. The van der Waals surface area contributed by atoms with Gasteiger partial charge in [0.25, 0.3) is 0 Å². The van der Waals surface area contributed by atoms with Crippen molar-refractivity contribution in [1.29, 1.82) is 5.41 Å². The Balaban J connectivity index is 1.39. The molecule has 0 heterocycles. The van der Waals surface area contributed by atoms with E-state index in [1.807, 2.05) is 79.7 Å². The Bertz CT molecular complexity index is 1940. The van der Waals surface area contributed by atoms with Gasteiger partial charge in [-0.05, 0) is 64.1 Å². The van der Waals surface area contributed by atoms with Gasteiger partial charge in [-0.25, -0.2) is 4.99 Å². The first-order valence-electron chi connectivity index (χ1n) is 14.8. The Morgan fingerprint density at radius 3 is 1.34 bits per heavy atom. The van der Waals surface area contributed by atoms with Gasteiger partial charge in [-0.15, -0.1) is 0 Å². The monoisotopic (exact) mass is 567 g/mol. The lowest BCUT2D eigenvalue weighted by Crippen LogP contribution is -2.24. The van der Waals surface area contributed by atoms with Gasteiger partial charge in [0.2, 0.25) is 0 Å². The fraction of sp³-hybridized carbons (Fsp3) is 0.0244. The van der Waals surface area contributed by atoms with Crippen molar-refractivity contribution in [2.45, 2.75) is 6.92 Å². The average Bonchev–Trinajstić information content (AvgIpc) is 3.11. The van der Waals surface area contributed by atoms with Crippen molar-refractivity contribution in [3.05, 3.63) is 187 Å². The summed E-state index contributed by atoms with van der Waals surface area (Å²) in [5, 5.41) is 12.7. The lowest BCUT2D eigenvalue weighted by Gasteiger charge is -2.16. The molecule has 3 heteroatoms. The van der Waals surface area contributed by atoms with E-state index < -0.39 is 0 Å². The summed E-state index contributed by atoms with van der Waals surface area (Å²) in [5.74, 6) is 0.792. The number of hydrogen-bond acceptors (Lipinski definition) is 1. The molecule has 6 rings (SSSR count). The third-order valence-corrected chi connectivity index (χ3v) is 7.53. The van der Waals surface area contributed by atoms with Gasteiger partial charge in [0.15, 0.2) is 5.84 Å². The molecule has 6 aromatic carbocycles. The van der Waals surface area contributed by atoms with Crippen LogP contribution in [0.1, 0.15) is 23.6 Å². The van der Waals surface area contributed by atoms with E-state index in [2.05, 4.69) is 102 Å². The summed E-state index contributed by atoms with van der Waals surface area (Å²) in [6.45, 7) is 2.02. The standard InChI is InChI=1S/C41H33N3/c1-2-39(36-24-12-21-33(27-36)30-15-6-3-7-16-30)43-41(38-26-14-23-35(29-38)32-19-10-5-11-20-32)44-40(42)37-25-13-22-34(28-37)31-17-8-4-9-18-31/h2-29H,1H3,(H2,42,43,44). The minimum atomic E-state index is 0.184. The fourth-order valence-corrected chi connectivity index (χ4v) is 5.23. The number of aliphatic imine (C=N–C) groups is 1. The molecule has 0 aromatic heterocycles. The highest BCUT2D eigenvalue weighted by Crippen LogP contribution is 2.25. The maximum Gasteiger partial charge on any atom is 0.154 e. The first kappa shape index (κ1) is 28.3. The molecule has 0 radical (unpaired) electrons. The molecule has 0 saturated carbocycles. The van der Waals surface area contributed by atoms with Gasteiger partial charge >= 0.3 is 0 Å². The van der Waals surface area contributed by atoms with Gasteiger partial charge in [-0.1, -0.05) is 152 Å². The van der Waals surface area contributed by atoms with Crippen LogP contribution in [-0.2, 0) is 0 Å². The highest BCUT2D eigenvalue weighted by molar-refractivity contribution is 6.13. The molecule has 0 aliphatic carbocycles. The van der Waals surface area contributed by atoms with Gasteiger partial charge < -0.3 is 5.32 Å². The van der Waals surface area contributed by atoms with Gasteiger partial charge in [0.1, 0.15) is 5.84 Å². The highest BCUT2D eigenvalue weighted by atomic mass is 15.0. The van der Waals surface area contributed by atoms with Crippen molar-refractivity contribution in [3.63, 3.8) is 0 Å². The molecule has 212 valence electrons. The second-order valence-electron chi connectivity index (χ2n) is 10.5. The first-order chi connectivity index (χ1) is 21.7. The van der Waals surface area contributed by atoms with Gasteiger partial charge in [-0.3, -0.25) is 5.41 Å². The SMILES string of the molecule is CC=C(NC(=NC(=N)c1cccc(-c2ccccc2)c1)c1cccc(-c2ccccc2)c1)c1cccc(-c2ccccc2)c1. The molecule has 0 aliphatic rings. The summed E-state index contributed by atoms with van der Waals surface area (Å²) in [6.07, 6.45) is 2.06. The molecule has 44 heavy (non-hydrogen) atoms. The van der Waals surface area contributed by atoms with Crippen molar-refractivity contribution in [2.75, 3.05) is 0 Å². The van der Waals surface area contributed by atoms with Gasteiger partial charge in [0.05, 0.1) is 0 Å². The molecule has 0 aliphatic heterocycles. The predicted molar refractivity (Wildman–Crippen MR) is 186 cm³/mol. The Morgan fingerprint density at radius 1 is 0.477 bits per heavy atom. The Kier molecular flexibility index (Phi) is 8.66. The number of nitrogens with zero attached hydrogens (tertiary/aromatic N) is 1. The third kappa shape index (κ3) is 6.64. The summed E-state index contributed by atoms with van der Waals surface area (Å²) in [5.41, 5.74) is 10.3. The molecule has 0 spiro atoms. The normalized spacial score (nSPS) is 11.7. The molecule has 0 saturated heterocycles. The number of benzene rings is 6. The third-order valence-electron chi connectivity index (χ3n) is 7.53. The molecule has 2 N–H and O–H groups in total. The molecule has 6 aromatic rings. The van der Waals surface area contributed by atoms with Crippen LogP contribution in [0.4, 0.5) is 0 Å². The number of hydrogen-bond donors (Lipinski definition) is 2. The van der Waals surface area contributed by atoms with Crippen LogP contribution in [-0.4, -0.2) is 11.7 Å². The summed E-state index contributed by atoms with van der Waals surface area (Å²) in [4.78, 5) is 4.93. The lowest BCUT2D eigenvalue weighted by molar-refractivity contribution is 1.25. The molecule has 0 fully saturated rings. The summed E-state index contributed by atoms with van der Waals surface area (Å²) in [7, 11) is 0. The van der Waals surface area contributed by atoms with Crippen LogP contribution in [0.15, 0.2) is 175 Å². The molecule has 3 nitrogen and oxygen atoms in total. The van der Waals surface area contributed by atoms with Crippen LogP contribution >= 0.6 is 0 Å². The quantitative estimate of drug-likeness (QED) is 0.146. The molecule has 0 bridgehead atoms. The lowest BCUT2D eigenvalue weighted by atomic mass is 10.0. The first-order valence-corrected chi connectivity index (χ1v) is 14.8. The van der Waals surface area contributed by atoms with E-state index >= 15 is 0 Å². The van der Waals surface area contributed by atoms with E-state index in [4.69, 9.17) is 10.4 Å². The van der Waals surface area contributed by atoms with Crippen LogP contribution in [0, 0.1) is 5.41 Å². The Morgan fingerprint density at radius 2 is 0.864 bits per heavy atom. The maximum absolute atomic E-state index is 9.09. The van der Waals surface area contributed by atoms with Crippen molar-refractivity contribution < 1.29 is 0 Å². The van der Waals surface area contributed by atoms with E-state index in [0.717, 1.165) is 55.8 Å². The minimum Gasteiger partial charge on any atom is -0.339 e. The minimum absolute atomic E-state index is 0.184. The van der Waals surface area contributed by atoms with Crippen molar-refractivity contribution in [1.82, 2.24) is 5.32 Å². The molecule has 0 unspecified atom stereocenters. The number of nitrogens with one attached hydrogen (secondary N) is 2. The van der Waals surface area contributed by atoms with Gasteiger partial charge in [0, 0.05) is 16.8 Å². The van der Waals surface area contributed by atoms with Crippen molar-refractivity contribution in [3.8, 4) is 33.4 Å². The average molecular weight is 568 g/mol. The van der Waals surface area contributed by atoms with Crippen LogP contribution < -0.4 is 5.32 Å². The second-order valence-corrected chi connectivity index (χ2v) is 10.5. The number of rotatable bonds is 7. The zero-order chi connectivity index (χ0) is 30.1. The largest absolute Gasteiger partial charge is 0.339 e. The summed E-state index contributed by atoms with van der Waals surface area (Å²) < 4.78 is 0. The smallest absolute Gasteiger partial charge is 0.154 e. The van der Waals surface area contributed by atoms with Crippen LogP contribution in [0.5, 0.6) is 0 Å². The zero-order valence-electron chi connectivity index (χ0n) is 24.6. The van der Waals surface area contributed by atoms with Crippen molar-refractivity contribution >= 4 is 17.4 Å². The van der Waals surface area contributed by atoms with Crippen LogP contribution in [0.2, 0.25) is 0 Å². The van der Waals surface area contributed by atoms with Crippen molar-refractivity contribution in [2.24, 2.45) is 4.99 Å². The van der Waals surface area contributed by atoms with E-state index in [0.29, 0.717) is 5.84 Å². The topological polar surface area (TPSA) is 48.2 Å². The summed E-state index contributed by atoms with van der Waals surface area (Å²) >= 11 is 0. The predicted octanol–water partition coefficient (Wildman–Crippen LogP) is 10.1. The molecule has 0 amide bonds. The highest BCUT2D eigenvalue weighted by Gasteiger charge is 2.13. The molecule has 0 atom stereocenters. The fourth-order valence-electron chi connectivity index (χ4n) is 5.23.